The van der Waals surface area contributed by atoms with Crippen molar-refractivity contribution in [3.8, 4) is 0 Å². The van der Waals surface area contributed by atoms with E-state index in [1.54, 1.807) is 4.90 Å². The third-order valence-corrected chi connectivity index (χ3v) is 4.53. The van der Waals surface area contributed by atoms with Gasteiger partial charge in [-0.25, -0.2) is 13.4 Å². The smallest absolute Gasteiger partial charge is 0.279 e. The molecule has 5 nitrogen and oxygen atoms in total. The number of aromatic nitrogens is 1. The summed E-state index contributed by atoms with van der Waals surface area (Å²) < 4.78 is 22.9. The predicted molar refractivity (Wildman–Crippen MR) is 71.6 cm³/mol. The lowest BCUT2D eigenvalue weighted by Crippen LogP contribution is -2.38. The van der Waals surface area contributed by atoms with Gasteiger partial charge in [0, 0.05) is 30.0 Å². The molecular weight excluding hydrogens is 288 g/mol. The molecule has 0 aliphatic carbocycles. The third-order valence-electron chi connectivity index (χ3n) is 3.30. The zero-order chi connectivity index (χ0) is 14.0. The van der Waals surface area contributed by atoms with Crippen LogP contribution in [0.15, 0.2) is 23.4 Å². The second-order valence-electron chi connectivity index (χ2n) is 4.77. The van der Waals surface area contributed by atoms with Crippen molar-refractivity contribution in [2.24, 2.45) is 5.92 Å². The van der Waals surface area contributed by atoms with E-state index in [0.717, 1.165) is 12.8 Å². The van der Waals surface area contributed by atoms with E-state index in [9.17, 15) is 13.2 Å². The molecule has 7 heteroatoms. The molecule has 0 unspecified atom stereocenters. The van der Waals surface area contributed by atoms with E-state index in [2.05, 4.69) is 11.9 Å². The molecule has 19 heavy (non-hydrogen) atoms. The van der Waals surface area contributed by atoms with Gasteiger partial charge in [0.05, 0.1) is 5.56 Å². The molecule has 1 aromatic rings. The van der Waals surface area contributed by atoms with Gasteiger partial charge in [0.1, 0.15) is 0 Å². The van der Waals surface area contributed by atoms with Gasteiger partial charge in [-0.15, -0.1) is 0 Å². The topological polar surface area (TPSA) is 67.3 Å². The molecule has 0 N–H and O–H groups in total. The highest BCUT2D eigenvalue weighted by atomic mass is 35.7. The van der Waals surface area contributed by atoms with Gasteiger partial charge in [-0.3, -0.25) is 4.79 Å². The minimum absolute atomic E-state index is 0.0482. The summed E-state index contributed by atoms with van der Waals surface area (Å²) >= 11 is 0. The minimum atomic E-state index is -4.01. The second-order valence-corrected chi connectivity index (χ2v) is 7.25. The molecule has 1 fully saturated rings. The number of carbonyl (C=O) groups is 1. The average Bonchev–Trinajstić information content (AvgIpc) is 2.38. The number of hydrogen-bond acceptors (Lipinski definition) is 4. The van der Waals surface area contributed by atoms with Gasteiger partial charge in [-0.2, -0.15) is 0 Å². The summed E-state index contributed by atoms with van der Waals surface area (Å²) in [5.74, 6) is 0.272. The van der Waals surface area contributed by atoms with Gasteiger partial charge in [0.15, 0.2) is 5.03 Å². The van der Waals surface area contributed by atoms with Gasteiger partial charge in [0.2, 0.25) is 0 Å². The molecule has 1 amide bonds. The van der Waals surface area contributed by atoms with Crippen molar-refractivity contribution in [3.05, 3.63) is 23.9 Å². The monoisotopic (exact) mass is 302 g/mol. The first-order valence-corrected chi connectivity index (χ1v) is 8.39. The molecular formula is C12H15ClN2O3S. The maximum absolute atomic E-state index is 12.3. The third kappa shape index (κ3) is 3.25. The normalized spacial score (nSPS) is 17.5. The Morgan fingerprint density at radius 3 is 2.63 bits per heavy atom. The molecule has 2 rings (SSSR count). The molecule has 0 radical (unpaired) electrons. The average molecular weight is 303 g/mol. The van der Waals surface area contributed by atoms with Crippen molar-refractivity contribution in [2.45, 2.75) is 24.8 Å². The Hall–Kier alpha value is -1.14. The van der Waals surface area contributed by atoms with E-state index in [1.165, 1.54) is 18.3 Å². The fourth-order valence-corrected chi connectivity index (χ4v) is 3.10. The number of halogens is 1. The number of piperidine rings is 1. The number of rotatable bonds is 2. The van der Waals surface area contributed by atoms with Crippen molar-refractivity contribution < 1.29 is 13.2 Å². The first kappa shape index (κ1) is 14.3. The number of hydrogen-bond donors (Lipinski definition) is 0. The van der Waals surface area contributed by atoms with E-state index >= 15 is 0 Å². The fraction of sp³-hybridized carbons (Fsp3) is 0.500. The maximum atomic E-state index is 12.3. The van der Waals surface area contributed by atoms with Crippen LogP contribution < -0.4 is 0 Å². The first-order valence-electron chi connectivity index (χ1n) is 6.08. The highest BCUT2D eigenvalue weighted by molar-refractivity contribution is 8.13. The van der Waals surface area contributed by atoms with Crippen LogP contribution >= 0.6 is 10.7 Å². The Labute approximate surface area is 117 Å². The standard InChI is InChI=1S/C12H15ClN2O3S/c1-9-4-7-15(8-5-9)12(16)10-3-2-6-14-11(10)19(13,17)18/h2-3,6,9H,4-5,7-8H2,1H3. The molecule has 0 saturated carbocycles. The van der Waals surface area contributed by atoms with Crippen LogP contribution in [0.25, 0.3) is 0 Å². The predicted octanol–water partition coefficient (Wildman–Crippen LogP) is 1.88. The fourth-order valence-electron chi connectivity index (χ4n) is 2.13. The molecule has 0 atom stereocenters. The molecule has 1 aromatic heterocycles. The van der Waals surface area contributed by atoms with Crippen LogP contribution in [-0.4, -0.2) is 37.3 Å². The summed E-state index contributed by atoms with van der Waals surface area (Å²) in [5.41, 5.74) is 0.0482. The Balaban J connectivity index is 2.30. The zero-order valence-electron chi connectivity index (χ0n) is 10.5. The quantitative estimate of drug-likeness (QED) is 0.782. The molecule has 1 saturated heterocycles. The van der Waals surface area contributed by atoms with Crippen molar-refractivity contribution >= 4 is 25.6 Å². The number of amides is 1. The summed E-state index contributed by atoms with van der Waals surface area (Å²) in [7, 11) is 1.29. The largest absolute Gasteiger partial charge is 0.339 e. The van der Waals surface area contributed by atoms with Crippen LogP contribution in [0.2, 0.25) is 0 Å². The molecule has 0 spiro atoms. The van der Waals surface area contributed by atoms with E-state index < -0.39 is 9.05 Å². The van der Waals surface area contributed by atoms with Crippen LogP contribution in [0.5, 0.6) is 0 Å². The van der Waals surface area contributed by atoms with Crippen molar-refractivity contribution in [1.29, 1.82) is 0 Å². The highest BCUT2D eigenvalue weighted by Gasteiger charge is 2.27. The molecule has 2 heterocycles. The van der Waals surface area contributed by atoms with Crippen LogP contribution in [0.4, 0.5) is 0 Å². The summed E-state index contributed by atoms with van der Waals surface area (Å²) in [5, 5.41) is -0.361. The first-order chi connectivity index (χ1) is 8.89. The lowest BCUT2D eigenvalue weighted by atomic mass is 9.99. The number of likely N-dealkylation sites (tertiary alicyclic amines) is 1. The zero-order valence-corrected chi connectivity index (χ0v) is 12.1. The van der Waals surface area contributed by atoms with E-state index in [1.807, 2.05) is 0 Å². The van der Waals surface area contributed by atoms with E-state index in [0.29, 0.717) is 19.0 Å². The van der Waals surface area contributed by atoms with Crippen molar-refractivity contribution in [2.75, 3.05) is 13.1 Å². The summed E-state index contributed by atoms with van der Waals surface area (Å²) in [6.45, 7) is 3.41. The van der Waals surface area contributed by atoms with Gasteiger partial charge in [-0.1, -0.05) is 6.92 Å². The Morgan fingerprint density at radius 1 is 1.42 bits per heavy atom. The molecule has 104 valence electrons. The van der Waals surface area contributed by atoms with E-state index in [4.69, 9.17) is 10.7 Å². The molecule has 0 bridgehead atoms. The second kappa shape index (κ2) is 5.46. The van der Waals surface area contributed by atoms with Gasteiger partial charge >= 0.3 is 0 Å². The molecule has 0 aromatic carbocycles. The lowest BCUT2D eigenvalue weighted by molar-refractivity contribution is 0.0692. The molecule has 1 aliphatic rings. The van der Waals surface area contributed by atoms with Crippen molar-refractivity contribution in [3.63, 3.8) is 0 Å². The van der Waals surface area contributed by atoms with Crippen LogP contribution in [0, 0.1) is 5.92 Å². The summed E-state index contributed by atoms with van der Waals surface area (Å²) in [4.78, 5) is 17.7. The van der Waals surface area contributed by atoms with Gasteiger partial charge < -0.3 is 4.90 Å². The Kier molecular flexibility index (Phi) is 4.10. The molecule has 1 aliphatic heterocycles. The number of pyridine rings is 1. The maximum Gasteiger partial charge on any atom is 0.279 e. The summed E-state index contributed by atoms with van der Waals surface area (Å²) in [6, 6.07) is 2.98. The SMILES string of the molecule is CC1CCN(C(=O)c2cccnc2S(=O)(=O)Cl)CC1. The minimum Gasteiger partial charge on any atom is -0.339 e. The number of nitrogens with zero attached hydrogens (tertiary/aromatic N) is 2. The van der Waals surface area contributed by atoms with Gasteiger partial charge in [0.25, 0.3) is 15.0 Å². The number of carbonyl (C=O) groups excluding carboxylic acids is 1. The van der Waals surface area contributed by atoms with Crippen LogP contribution in [-0.2, 0) is 9.05 Å². The Bertz CT molecular complexity index is 580. The van der Waals surface area contributed by atoms with E-state index in [-0.39, 0.29) is 16.5 Å². The van der Waals surface area contributed by atoms with Crippen molar-refractivity contribution in [1.82, 2.24) is 9.88 Å². The van der Waals surface area contributed by atoms with Crippen LogP contribution in [0.3, 0.4) is 0 Å². The summed E-state index contributed by atoms with van der Waals surface area (Å²) in [6.07, 6.45) is 3.16. The Morgan fingerprint density at radius 2 is 2.05 bits per heavy atom. The lowest BCUT2D eigenvalue weighted by Gasteiger charge is -2.30. The van der Waals surface area contributed by atoms with Gasteiger partial charge in [-0.05, 0) is 30.9 Å². The van der Waals surface area contributed by atoms with Crippen LogP contribution in [0.1, 0.15) is 30.1 Å². The highest BCUT2D eigenvalue weighted by Crippen LogP contribution is 2.22.